The third-order valence-corrected chi connectivity index (χ3v) is 3.86. The Morgan fingerprint density at radius 3 is 2.11 bits per heavy atom. The highest BCUT2D eigenvalue weighted by molar-refractivity contribution is 5.36. The van der Waals surface area contributed by atoms with Crippen molar-refractivity contribution < 1.29 is 13.2 Å². The first kappa shape index (κ1) is 13.4. The van der Waals surface area contributed by atoms with E-state index in [4.69, 9.17) is 0 Å². The topological polar surface area (TPSA) is 12.0 Å². The summed E-state index contributed by atoms with van der Waals surface area (Å²) in [7, 11) is 0. The summed E-state index contributed by atoms with van der Waals surface area (Å²) in [4.78, 5) is 0. The number of benzene rings is 1. The second-order valence-electron chi connectivity index (χ2n) is 5.30. The van der Waals surface area contributed by atoms with Crippen molar-refractivity contribution in [3.63, 3.8) is 0 Å². The zero-order chi connectivity index (χ0) is 13.6. The fourth-order valence-corrected chi connectivity index (χ4v) is 2.16. The van der Waals surface area contributed by atoms with Gasteiger partial charge in [-0.3, -0.25) is 5.32 Å². The van der Waals surface area contributed by atoms with Gasteiger partial charge in [-0.15, -0.1) is 0 Å². The summed E-state index contributed by atoms with van der Waals surface area (Å²) in [6.07, 6.45) is -3.75. The molecule has 1 saturated carbocycles. The lowest BCUT2D eigenvalue weighted by molar-refractivity contribution is -0.166. The van der Waals surface area contributed by atoms with Gasteiger partial charge in [0, 0.05) is 6.54 Å². The zero-order valence-electron chi connectivity index (χ0n) is 10.9. The van der Waals surface area contributed by atoms with E-state index in [2.05, 4.69) is 5.32 Å². The minimum absolute atomic E-state index is 0.195. The summed E-state index contributed by atoms with van der Waals surface area (Å²) in [5.74, 6) is 0. The predicted molar refractivity (Wildman–Crippen MR) is 65.5 cm³/mol. The molecule has 2 rings (SSSR count). The van der Waals surface area contributed by atoms with E-state index < -0.39 is 11.7 Å². The standard InChI is InChI=1S/C14H18F3N/c1-9-6-11(3)12(7-10(9)2)8-18-13(4-5-13)14(15,16)17/h6-7,18H,4-5,8H2,1-3H3. The Balaban J connectivity index is 2.10. The van der Waals surface area contributed by atoms with E-state index in [0.29, 0.717) is 0 Å². The molecule has 100 valence electrons. The molecule has 0 heterocycles. The number of hydrogen-bond acceptors (Lipinski definition) is 1. The van der Waals surface area contributed by atoms with Crippen LogP contribution in [0.5, 0.6) is 0 Å². The largest absolute Gasteiger partial charge is 0.406 e. The number of nitrogens with one attached hydrogen (secondary N) is 1. The smallest absolute Gasteiger partial charge is 0.299 e. The average molecular weight is 257 g/mol. The molecule has 0 saturated heterocycles. The van der Waals surface area contributed by atoms with Crippen molar-refractivity contribution in [2.24, 2.45) is 0 Å². The van der Waals surface area contributed by atoms with Gasteiger partial charge in [0.2, 0.25) is 0 Å². The Bertz CT molecular complexity index is 459. The number of aryl methyl sites for hydroxylation is 3. The third-order valence-electron chi connectivity index (χ3n) is 3.86. The monoisotopic (exact) mass is 257 g/mol. The van der Waals surface area contributed by atoms with Crippen molar-refractivity contribution >= 4 is 0 Å². The summed E-state index contributed by atoms with van der Waals surface area (Å²) < 4.78 is 38.3. The van der Waals surface area contributed by atoms with Gasteiger partial charge in [0.25, 0.3) is 0 Å². The number of halogens is 3. The van der Waals surface area contributed by atoms with Gasteiger partial charge < -0.3 is 0 Å². The van der Waals surface area contributed by atoms with Crippen LogP contribution in [0.1, 0.15) is 35.1 Å². The first-order valence-corrected chi connectivity index (χ1v) is 6.14. The van der Waals surface area contributed by atoms with E-state index >= 15 is 0 Å². The van der Waals surface area contributed by atoms with Crippen LogP contribution in [-0.4, -0.2) is 11.7 Å². The molecule has 0 atom stereocenters. The highest BCUT2D eigenvalue weighted by Gasteiger charge is 2.62. The van der Waals surface area contributed by atoms with Crippen molar-refractivity contribution in [2.75, 3.05) is 0 Å². The molecule has 1 aliphatic rings. The van der Waals surface area contributed by atoms with Crippen molar-refractivity contribution in [2.45, 2.75) is 51.9 Å². The predicted octanol–water partition coefficient (Wildman–Crippen LogP) is 3.80. The Morgan fingerprint density at radius 2 is 1.61 bits per heavy atom. The molecule has 4 heteroatoms. The molecule has 0 aliphatic heterocycles. The summed E-state index contributed by atoms with van der Waals surface area (Å²) in [5, 5.41) is 2.69. The fraction of sp³-hybridized carbons (Fsp3) is 0.571. The van der Waals surface area contributed by atoms with E-state index in [1.165, 1.54) is 5.56 Å². The molecule has 0 amide bonds. The van der Waals surface area contributed by atoms with Gasteiger partial charge in [-0.05, 0) is 55.9 Å². The highest BCUT2D eigenvalue weighted by atomic mass is 19.4. The van der Waals surface area contributed by atoms with Gasteiger partial charge in [0.15, 0.2) is 0 Å². The highest BCUT2D eigenvalue weighted by Crippen LogP contribution is 2.49. The summed E-state index contributed by atoms with van der Waals surface area (Å²) in [6.45, 7) is 6.22. The Morgan fingerprint density at radius 1 is 1.06 bits per heavy atom. The lowest BCUT2D eigenvalue weighted by Gasteiger charge is -2.21. The average Bonchev–Trinajstić information content (AvgIpc) is 3.01. The van der Waals surface area contributed by atoms with Gasteiger partial charge in [-0.25, -0.2) is 0 Å². The Hall–Kier alpha value is -1.03. The van der Waals surface area contributed by atoms with Gasteiger partial charge in [0.05, 0.1) is 0 Å². The van der Waals surface area contributed by atoms with Crippen LogP contribution in [0.25, 0.3) is 0 Å². The molecule has 1 nitrogen and oxygen atoms in total. The summed E-state index contributed by atoms with van der Waals surface area (Å²) in [6, 6.07) is 4.00. The molecule has 0 aromatic heterocycles. The van der Waals surface area contributed by atoms with Crippen LogP contribution in [0.3, 0.4) is 0 Å². The van der Waals surface area contributed by atoms with Crippen molar-refractivity contribution in [1.29, 1.82) is 0 Å². The van der Waals surface area contributed by atoms with Crippen molar-refractivity contribution in [1.82, 2.24) is 5.32 Å². The summed E-state index contributed by atoms with van der Waals surface area (Å²) in [5.41, 5.74) is 2.66. The van der Waals surface area contributed by atoms with E-state index in [9.17, 15) is 13.2 Å². The number of hydrogen-bond donors (Lipinski definition) is 1. The van der Waals surface area contributed by atoms with Gasteiger partial charge in [0.1, 0.15) is 5.54 Å². The quantitative estimate of drug-likeness (QED) is 0.868. The first-order valence-electron chi connectivity index (χ1n) is 6.14. The van der Waals surface area contributed by atoms with E-state index in [1.54, 1.807) is 0 Å². The van der Waals surface area contributed by atoms with Gasteiger partial charge in [-0.2, -0.15) is 13.2 Å². The molecular formula is C14H18F3N. The SMILES string of the molecule is Cc1cc(C)c(CNC2(C(F)(F)F)CC2)cc1C. The second kappa shape index (κ2) is 4.26. The molecule has 0 radical (unpaired) electrons. The number of alkyl halides is 3. The molecule has 1 N–H and O–H groups in total. The maximum absolute atomic E-state index is 12.8. The normalized spacial score (nSPS) is 17.9. The third kappa shape index (κ3) is 2.39. The molecule has 1 aliphatic carbocycles. The Kier molecular flexibility index (Phi) is 3.18. The zero-order valence-corrected chi connectivity index (χ0v) is 10.9. The van der Waals surface area contributed by atoms with Crippen molar-refractivity contribution in [3.05, 3.63) is 34.4 Å². The van der Waals surface area contributed by atoms with Crippen LogP contribution < -0.4 is 5.32 Å². The minimum atomic E-state index is -4.14. The van der Waals surface area contributed by atoms with Crippen LogP contribution in [0.2, 0.25) is 0 Å². The lowest BCUT2D eigenvalue weighted by atomic mass is 10.0. The Labute approximate surface area is 105 Å². The maximum Gasteiger partial charge on any atom is 0.406 e. The van der Waals surface area contributed by atoms with E-state index in [1.807, 2.05) is 32.9 Å². The van der Waals surface area contributed by atoms with Crippen molar-refractivity contribution in [3.8, 4) is 0 Å². The minimum Gasteiger partial charge on any atom is -0.299 e. The summed E-state index contributed by atoms with van der Waals surface area (Å²) >= 11 is 0. The van der Waals surface area contributed by atoms with Gasteiger partial charge >= 0.3 is 6.18 Å². The van der Waals surface area contributed by atoms with Crippen LogP contribution in [-0.2, 0) is 6.54 Å². The molecular weight excluding hydrogens is 239 g/mol. The van der Waals surface area contributed by atoms with Gasteiger partial charge in [-0.1, -0.05) is 12.1 Å². The maximum atomic E-state index is 12.8. The van der Waals surface area contributed by atoms with Crippen LogP contribution in [0, 0.1) is 20.8 Å². The van der Waals surface area contributed by atoms with Crippen LogP contribution >= 0.6 is 0 Å². The van der Waals surface area contributed by atoms with E-state index in [0.717, 1.165) is 16.7 Å². The molecule has 0 spiro atoms. The van der Waals surface area contributed by atoms with E-state index in [-0.39, 0.29) is 19.4 Å². The molecule has 1 aromatic carbocycles. The molecule has 1 aromatic rings. The lowest BCUT2D eigenvalue weighted by Crippen LogP contribution is -2.44. The number of rotatable bonds is 3. The first-order chi connectivity index (χ1) is 8.25. The molecule has 18 heavy (non-hydrogen) atoms. The van der Waals surface area contributed by atoms with Crippen LogP contribution in [0.4, 0.5) is 13.2 Å². The molecule has 0 bridgehead atoms. The second-order valence-corrected chi connectivity index (χ2v) is 5.30. The fourth-order valence-electron chi connectivity index (χ4n) is 2.16. The van der Waals surface area contributed by atoms with Crippen LogP contribution in [0.15, 0.2) is 12.1 Å². The molecule has 0 unspecified atom stereocenters. The molecule has 1 fully saturated rings.